The number of carboxylic acids is 1. The highest BCUT2D eigenvalue weighted by Crippen LogP contribution is 2.22. The largest absolute Gasteiger partial charge is 0.480 e. The third-order valence-corrected chi connectivity index (χ3v) is 3.65. The standard InChI is InChI=1S/C12H15N3O3S/c1-3-8(12(16)17)15(2)7-10-13-11(18-14-10)9-5-4-6-19-9/h4-6,8H,3,7H2,1-2H3,(H,16,17). The van der Waals surface area contributed by atoms with E-state index in [1.165, 1.54) is 11.3 Å². The summed E-state index contributed by atoms with van der Waals surface area (Å²) in [5.41, 5.74) is 0. The van der Waals surface area contributed by atoms with Gasteiger partial charge in [-0.15, -0.1) is 11.3 Å². The van der Waals surface area contributed by atoms with Gasteiger partial charge < -0.3 is 9.63 Å². The lowest BCUT2D eigenvalue weighted by Crippen LogP contribution is -2.37. The van der Waals surface area contributed by atoms with Crippen LogP contribution in [0.4, 0.5) is 0 Å². The first-order valence-electron chi connectivity index (χ1n) is 5.91. The van der Waals surface area contributed by atoms with E-state index in [2.05, 4.69) is 10.1 Å². The Hall–Kier alpha value is -1.73. The molecule has 6 nitrogen and oxygen atoms in total. The minimum atomic E-state index is -0.841. The summed E-state index contributed by atoms with van der Waals surface area (Å²) in [6.45, 7) is 2.18. The first-order chi connectivity index (χ1) is 9.11. The first-order valence-corrected chi connectivity index (χ1v) is 6.79. The number of likely N-dealkylation sites (N-methyl/N-ethyl adjacent to an activating group) is 1. The van der Waals surface area contributed by atoms with Gasteiger partial charge in [0.2, 0.25) is 0 Å². The van der Waals surface area contributed by atoms with Gasteiger partial charge in [0, 0.05) is 0 Å². The number of aromatic nitrogens is 2. The lowest BCUT2D eigenvalue weighted by atomic mass is 10.2. The average Bonchev–Trinajstić information content (AvgIpc) is 2.98. The number of hydrogen-bond acceptors (Lipinski definition) is 6. The van der Waals surface area contributed by atoms with E-state index in [0.29, 0.717) is 24.7 Å². The Bertz CT molecular complexity index is 538. The summed E-state index contributed by atoms with van der Waals surface area (Å²) in [4.78, 5) is 17.9. The van der Waals surface area contributed by atoms with Gasteiger partial charge in [-0.25, -0.2) is 0 Å². The molecule has 2 heterocycles. The Balaban J connectivity index is 2.06. The van der Waals surface area contributed by atoms with E-state index in [9.17, 15) is 4.79 Å². The predicted molar refractivity (Wildman–Crippen MR) is 70.8 cm³/mol. The minimum Gasteiger partial charge on any atom is -0.480 e. The fourth-order valence-corrected chi connectivity index (χ4v) is 2.47. The van der Waals surface area contributed by atoms with Gasteiger partial charge in [0.25, 0.3) is 5.89 Å². The molecule has 0 fully saturated rings. The van der Waals surface area contributed by atoms with Crippen molar-refractivity contribution in [2.24, 2.45) is 0 Å². The van der Waals surface area contributed by atoms with E-state index in [0.717, 1.165) is 4.88 Å². The van der Waals surface area contributed by atoms with E-state index in [1.54, 1.807) is 11.9 Å². The maximum Gasteiger partial charge on any atom is 0.320 e. The third-order valence-electron chi connectivity index (χ3n) is 2.79. The van der Waals surface area contributed by atoms with Crippen LogP contribution in [0, 0.1) is 0 Å². The lowest BCUT2D eigenvalue weighted by Gasteiger charge is -2.21. The average molecular weight is 281 g/mol. The second-order valence-electron chi connectivity index (χ2n) is 4.17. The summed E-state index contributed by atoms with van der Waals surface area (Å²) in [6.07, 6.45) is 0.529. The van der Waals surface area contributed by atoms with E-state index in [4.69, 9.17) is 9.63 Å². The molecule has 0 amide bonds. The fourth-order valence-electron chi connectivity index (χ4n) is 1.83. The molecule has 0 saturated carbocycles. The van der Waals surface area contributed by atoms with Crippen LogP contribution in [-0.2, 0) is 11.3 Å². The zero-order valence-electron chi connectivity index (χ0n) is 10.7. The number of rotatable bonds is 6. The number of aliphatic carboxylic acids is 1. The summed E-state index contributed by atoms with van der Waals surface area (Å²) in [5.74, 6) is 0.124. The van der Waals surface area contributed by atoms with Crippen LogP contribution >= 0.6 is 11.3 Å². The van der Waals surface area contributed by atoms with Crippen LogP contribution in [0.3, 0.4) is 0 Å². The lowest BCUT2D eigenvalue weighted by molar-refractivity contribution is -0.143. The van der Waals surface area contributed by atoms with Gasteiger partial charge in [-0.3, -0.25) is 9.69 Å². The highest BCUT2D eigenvalue weighted by atomic mass is 32.1. The van der Waals surface area contributed by atoms with Crippen molar-refractivity contribution in [1.82, 2.24) is 15.0 Å². The number of hydrogen-bond donors (Lipinski definition) is 1. The molecule has 2 rings (SSSR count). The topological polar surface area (TPSA) is 79.5 Å². The molecule has 1 atom stereocenters. The molecule has 0 aromatic carbocycles. The van der Waals surface area contributed by atoms with Crippen LogP contribution in [-0.4, -0.2) is 39.2 Å². The van der Waals surface area contributed by atoms with Crippen molar-refractivity contribution in [3.8, 4) is 10.8 Å². The summed E-state index contributed by atoms with van der Waals surface area (Å²) < 4.78 is 5.16. The molecule has 1 N–H and O–H groups in total. The Morgan fingerprint density at radius 1 is 1.63 bits per heavy atom. The fraction of sp³-hybridized carbons (Fsp3) is 0.417. The van der Waals surface area contributed by atoms with Gasteiger partial charge in [0.1, 0.15) is 6.04 Å². The molecule has 19 heavy (non-hydrogen) atoms. The molecule has 102 valence electrons. The highest BCUT2D eigenvalue weighted by molar-refractivity contribution is 7.13. The third kappa shape index (κ3) is 3.18. The quantitative estimate of drug-likeness (QED) is 0.873. The molecule has 0 spiro atoms. The van der Waals surface area contributed by atoms with Gasteiger partial charge in [-0.05, 0) is 24.9 Å². The molecule has 2 aromatic rings. The summed E-state index contributed by atoms with van der Waals surface area (Å²) in [5, 5.41) is 14.9. The normalized spacial score (nSPS) is 12.8. The summed E-state index contributed by atoms with van der Waals surface area (Å²) >= 11 is 1.52. The van der Waals surface area contributed by atoms with Crippen LogP contribution in [0.25, 0.3) is 10.8 Å². The first kappa shape index (κ1) is 13.7. The van der Waals surface area contributed by atoms with Crippen molar-refractivity contribution in [2.45, 2.75) is 25.9 Å². The van der Waals surface area contributed by atoms with Crippen molar-refractivity contribution in [3.63, 3.8) is 0 Å². The van der Waals surface area contributed by atoms with E-state index in [-0.39, 0.29) is 0 Å². The van der Waals surface area contributed by atoms with Gasteiger partial charge >= 0.3 is 5.97 Å². The van der Waals surface area contributed by atoms with Gasteiger partial charge in [0.05, 0.1) is 11.4 Å². The van der Waals surface area contributed by atoms with Crippen molar-refractivity contribution in [2.75, 3.05) is 7.05 Å². The monoisotopic (exact) mass is 281 g/mol. The van der Waals surface area contributed by atoms with Crippen LogP contribution in [0.1, 0.15) is 19.2 Å². The maximum atomic E-state index is 11.0. The van der Waals surface area contributed by atoms with Crippen molar-refractivity contribution >= 4 is 17.3 Å². The van der Waals surface area contributed by atoms with Crippen LogP contribution in [0.15, 0.2) is 22.0 Å². The minimum absolute atomic E-state index is 0.347. The molecule has 2 aromatic heterocycles. The number of thiophene rings is 1. The molecule has 0 saturated heterocycles. The van der Waals surface area contributed by atoms with Crippen LogP contribution in [0.2, 0.25) is 0 Å². The Kier molecular flexibility index (Phi) is 4.28. The second kappa shape index (κ2) is 5.94. The second-order valence-corrected chi connectivity index (χ2v) is 5.12. The maximum absolute atomic E-state index is 11.0. The van der Waals surface area contributed by atoms with Crippen molar-refractivity contribution < 1.29 is 14.4 Å². The molecule has 1 unspecified atom stereocenters. The molecular formula is C12H15N3O3S. The molecular weight excluding hydrogens is 266 g/mol. The molecule has 0 aliphatic carbocycles. The SMILES string of the molecule is CCC(C(=O)O)N(C)Cc1noc(-c2cccs2)n1. The molecule has 0 radical (unpaired) electrons. The summed E-state index contributed by atoms with van der Waals surface area (Å²) in [6, 6.07) is 3.27. The smallest absolute Gasteiger partial charge is 0.320 e. The Morgan fingerprint density at radius 3 is 3.00 bits per heavy atom. The van der Waals surface area contributed by atoms with Crippen LogP contribution in [0.5, 0.6) is 0 Å². The number of carbonyl (C=O) groups is 1. The van der Waals surface area contributed by atoms with Crippen LogP contribution < -0.4 is 0 Å². The predicted octanol–water partition coefficient (Wildman–Crippen LogP) is 2.09. The highest BCUT2D eigenvalue weighted by Gasteiger charge is 2.22. The molecule has 0 aliphatic heterocycles. The molecule has 7 heteroatoms. The zero-order valence-corrected chi connectivity index (χ0v) is 11.6. The van der Waals surface area contributed by atoms with E-state index >= 15 is 0 Å². The van der Waals surface area contributed by atoms with Gasteiger partial charge in [0.15, 0.2) is 5.82 Å². The summed E-state index contributed by atoms with van der Waals surface area (Å²) in [7, 11) is 1.74. The molecule has 0 aliphatic rings. The van der Waals surface area contributed by atoms with E-state index in [1.807, 2.05) is 24.4 Å². The van der Waals surface area contributed by atoms with Gasteiger partial charge in [-0.2, -0.15) is 4.98 Å². The van der Waals surface area contributed by atoms with Crippen molar-refractivity contribution in [1.29, 1.82) is 0 Å². The Labute approximate surface area is 114 Å². The molecule has 0 bridgehead atoms. The van der Waals surface area contributed by atoms with E-state index < -0.39 is 12.0 Å². The zero-order chi connectivity index (χ0) is 13.8. The van der Waals surface area contributed by atoms with Crippen molar-refractivity contribution in [3.05, 3.63) is 23.3 Å². The Morgan fingerprint density at radius 2 is 2.42 bits per heavy atom. The van der Waals surface area contributed by atoms with Gasteiger partial charge in [-0.1, -0.05) is 18.1 Å². The number of carboxylic acid groups (broad SMARTS) is 1. The number of nitrogens with zero attached hydrogens (tertiary/aromatic N) is 3.